The Labute approximate surface area is 171 Å². The molecular weight excluding hydrogens is 372 g/mol. The second kappa shape index (κ2) is 8.71. The molecule has 0 radical (unpaired) electrons. The number of hydrogen-bond acceptors (Lipinski definition) is 6. The number of hydrogen-bond donors (Lipinski definition) is 1. The number of amides is 1. The number of carbonyl (C=O) groups excluding carboxylic acids is 1. The number of nitrogens with zero attached hydrogens (tertiary/aromatic N) is 2. The van der Waals surface area contributed by atoms with Crippen molar-refractivity contribution in [1.29, 1.82) is 0 Å². The largest absolute Gasteiger partial charge is 0.490 e. The van der Waals surface area contributed by atoms with Crippen molar-refractivity contribution in [3.05, 3.63) is 29.3 Å². The zero-order valence-corrected chi connectivity index (χ0v) is 17.2. The second-order valence-corrected chi connectivity index (χ2v) is 8.34. The Morgan fingerprint density at radius 2 is 1.97 bits per heavy atom. The molecule has 1 amide bonds. The topological polar surface area (TPSA) is 80.6 Å². The zero-order valence-electron chi connectivity index (χ0n) is 17.2. The van der Waals surface area contributed by atoms with Crippen molar-refractivity contribution in [2.75, 3.05) is 13.1 Å². The fraction of sp³-hybridized carbons (Fsp3) is 0.636. The van der Waals surface area contributed by atoms with Gasteiger partial charge in [0.2, 0.25) is 6.10 Å². The number of oxime groups is 1. The van der Waals surface area contributed by atoms with Gasteiger partial charge in [-0.2, -0.15) is 0 Å². The molecule has 3 atom stereocenters. The summed E-state index contributed by atoms with van der Waals surface area (Å²) in [7, 11) is 0. The van der Waals surface area contributed by atoms with Crippen LogP contribution in [0, 0.1) is 0 Å². The van der Waals surface area contributed by atoms with E-state index in [2.05, 4.69) is 5.16 Å². The van der Waals surface area contributed by atoms with Crippen molar-refractivity contribution >= 4 is 11.6 Å². The van der Waals surface area contributed by atoms with Gasteiger partial charge in [-0.1, -0.05) is 17.3 Å². The lowest BCUT2D eigenvalue weighted by Crippen LogP contribution is -2.51. The summed E-state index contributed by atoms with van der Waals surface area (Å²) in [6.07, 6.45) is 4.54. The second-order valence-electron chi connectivity index (χ2n) is 8.34. The van der Waals surface area contributed by atoms with Gasteiger partial charge in [-0.3, -0.25) is 4.79 Å². The van der Waals surface area contributed by atoms with E-state index in [1.54, 1.807) is 0 Å². The highest BCUT2D eigenvalue weighted by Crippen LogP contribution is 2.29. The number of morpholine rings is 1. The SMILES string of the molecule is CC1CN(C(=O)C2CC(c3ccc(CO)c(OC4CCCC4)c3)=NO2)CC(C)O1. The molecule has 0 bridgehead atoms. The third kappa shape index (κ3) is 4.56. The number of aliphatic hydroxyl groups excluding tert-OH is 1. The van der Waals surface area contributed by atoms with E-state index >= 15 is 0 Å². The molecule has 0 spiro atoms. The third-order valence-electron chi connectivity index (χ3n) is 5.84. The van der Waals surface area contributed by atoms with E-state index in [0.29, 0.717) is 25.3 Å². The lowest BCUT2D eigenvalue weighted by molar-refractivity contribution is -0.153. The van der Waals surface area contributed by atoms with Crippen molar-refractivity contribution in [1.82, 2.24) is 4.90 Å². The van der Waals surface area contributed by atoms with Gasteiger partial charge in [0, 0.05) is 30.6 Å². The van der Waals surface area contributed by atoms with Gasteiger partial charge in [0.15, 0.2) is 0 Å². The van der Waals surface area contributed by atoms with Crippen LogP contribution in [0.25, 0.3) is 0 Å². The van der Waals surface area contributed by atoms with Crippen LogP contribution in [0.2, 0.25) is 0 Å². The first-order valence-corrected chi connectivity index (χ1v) is 10.6. The summed E-state index contributed by atoms with van der Waals surface area (Å²) in [4.78, 5) is 20.2. The predicted octanol–water partition coefficient (Wildman–Crippen LogP) is 2.63. The number of ether oxygens (including phenoxy) is 2. The van der Waals surface area contributed by atoms with Crippen molar-refractivity contribution in [3.8, 4) is 5.75 Å². The first kappa shape index (κ1) is 20.2. The van der Waals surface area contributed by atoms with Gasteiger partial charge < -0.3 is 24.3 Å². The third-order valence-corrected chi connectivity index (χ3v) is 5.84. The van der Waals surface area contributed by atoms with E-state index in [0.717, 1.165) is 29.7 Å². The van der Waals surface area contributed by atoms with Crippen LogP contribution in [0.5, 0.6) is 5.75 Å². The average molecular weight is 402 g/mol. The number of aliphatic hydroxyl groups is 1. The van der Waals surface area contributed by atoms with E-state index in [1.165, 1.54) is 12.8 Å². The van der Waals surface area contributed by atoms with Gasteiger partial charge >= 0.3 is 0 Å². The van der Waals surface area contributed by atoms with Crippen LogP contribution in [-0.4, -0.2) is 59.1 Å². The Morgan fingerprint density at radius 3 is 2.66 bits per heavy atom. The molecule has 3 unspecified atom stereocenters. The summed E-state index contributed by atoms with van der Waals surface area (Å²) >= 11 is 0. The van der Waals surface area contributed by atoms with Crippen molar-refractivity contribution < 1.29 is 24.2 Å². The molecule has 2 heterocycles. The average Bonchev–Trinajstić information content (AvgIpc) is 3.39. The molecule has 7 nitrogen and oxygen atoms in total. The molecule has 4 rings (SSSR count). The zero-order chi connectivity index (χ0) is 20.4. The molecular formula is C22H30N2O5. The van der Waals surface area contributed by atoms with Crippen LogP contribution in [0.3, 0.4) is 0 Å². The molecule has 1 aromatic carbocycles. The monoisotopic (exact) mass is 402 g/mol. The molecule has 1 aliphatic carbocycles. The van der Waals surface area contributed by atoms with Crippen LogP contribution in [0.1, 0.15) is 57.1 Å². The molecule has 29 heavy (non-hydrogen) atoms. The van der Waals surface area contributed by atoms with Gasteiger partial charge in [-0.15, -0.1) is 0 Å². The smallest absolute Gasteiger partial charge is 0.267 e. The first-order valence-electron chi connectivity index (χ1n) is 10.6. The van der Waals surface area contributed by atoms with Gasteiger partial charge in [0.05, 0.1) is 30.6 Å². The number of carbonyl (C=O) groups is 1. The van der Waals surface area contributed by atoms with Crippen LogP contribution in [0.15, 0.2) is 23.4 Å². The summed E-state index contributed by atoms with van der Waals surface area (Å²) in [6, 6.07) is 5.68. The Kier molecular flexibility index (Phi) is 6.06. The molecule has 158 valence electrons. The highest BCUT2D eigenvalue weighted by molar-refractivity contribution is 6.04. The van der Waals surface area contributed by atoms with Crippen LogP contribution in [-0.2, 0) is 21.0 Å². The summed E-state index contributed by atoms with van der Waals surface area (Å²) in [5, 5.41) is 13.8. The predicted molar refractivity (Wildman–Crippen MR) is 108 cm³/mol. The fourth-order valence-electron chi connectivity index (χ4n) is 4.40. The van der Waals surface area contributed by atoms with Gasteiger partial charge in [-0.25, -0.2) is 0 Å². The van der Waals surface area contributed by atoms with E-state index in [-0.39, 0.29) is 30.8 Å². The Bertz CT molecular complexity index is 764. The molecule has 3 aliphatic rings. The fourth-order valence-corrected chi connectivity index (χ4v) is 4.40. The standard InChI is InChI=1S/C22H30N2O5/c1-14-11-24(12-15(2)27-14)22(26)21-10-19(23-29-21)16-7-8-17(13-25)20(9-16)28-18-5-3-4-6-18/h7-9,14-15,18,21,25H,3-6,10-13H2,1-2H3. The minimum absolute atomic E-state index is 0.0193. The highest BCUT2D eigenvalue weighted by atomic mass is 16.6. The van der Waals surface area contributed by atoms with Gasteiger partial charge in [-0.05, 0) is 45.6 Å². The summed E-state index contributed by atoms with van der Waals surface area (Å²) in [5.41, 5.74) is 2.37. The van der Waals surface area contributed by atoms with Crippen molar-refractivity contribution in [2.24, 2.45) is 5.16 Å². The molecule has 7 heteroatoms. The Morgan fingerprint density at radius 1 is 1.24 bits per heavy atom. The lowest BCUT2D eigenvalue weighted by atomic mass is 10.0. The highest BCUT2D eigenvalue weighted by Gasteiger charge is 2.35. The summed E-state index contributed by atoms with van der Waals surface area (Å²) in [6.45, 7) is 5.02. The maximum Gasteiger partial charge on any atom is 0.267 e. The molecule has 2 aliphatic heterocycles. The molecule has 0 aromatic heterocycles. The molecule has 2 fully saturated rings. The van der Waals surface area contributed by atoms with E-state index in [9.17, 15) is 9.90 Å². The quantitative estimate of drug-likeness (QED) is 0.819. The minimum Gasteiger partial charge on any atom is -0.490 e. The molecule has 1 aromatic rings. The maximum absolute atomic E-state index is 12.9. The molecule has 1 saturated carbocycles. The first-order chi connectivity index (χ1) is 14.0. The summed E-state index contributed by atoms with van der Waals surface area (Å²) in [5.74, 6) is 0.658. The van der Waals surface area contributed by atoms with E-state index in [1.807, 2.05) is 36.9 Å². The van der Waals surface area contributed by atoms with Crippen molar-refractivity contribution in [3.63, 3.8) is 0 Å². The van der Waals surface area contributed by atoms with E-state index < -0.39 is 6.10 Å². The van der Waals surface area contributed by atoms with E-state index in [4.69, 9.17) is 14.3 Å². The number of rotatable bonds is 5. The summed E-state index contributed by atoms with van der Waals surface area (Å²) < 4.78 is 11.9. The maximum atomic E-state index is 12.9. The van der Waals surface area contributed by atoms with Crippen molar-refractivity contribution in [2.45, 2.75) is 77.0 Å². The minimum atomic E-state index is -0.598. The van der Waals surface area contributed by atoms with Gasteiger partial charge in [0.25, 0.3) is 5.91 Å². The Hall–Kier alpha value is -2.12. The number of benzene rings is 1. The normalized spacial score (nSPS) is 27.6. The molecule has 1 N–H and O–H groups in total. The lowest BCUT2D eigenvalue weighted by Gasteiger charge is -2.36. The van der Waals surface area contributed by atoms with Crippen LogP contribution in [0.4, 0.5) is 0 Å². The Balaban J connectivity index is 1.43. The van der Waals surface area contributed by atoms with Crippen LogP contribution >= 0.6 is 0 Å². The van der Waals surface area contributed by atoms with Gasteiger partial charge in [0.1, 0.15) is 5.75 Å². The molecule has 1 saturated heterocycles. The van der Waals surface area contributed by atoms with Crippen LogP contribution < -0.4 is 4.74 Å².